The third-order valence-electron chi connectivity index (χ3n) is 3.90. The van der Waals surface area contributed by atoms with Crippen molar-refractivity contribution < 1.29 is 23.1 Å². The Bertz CT molecular complexity index is 601. The number of ether oxygens (including phenoxy) is 1. The van der Waals surface area contributed by atoms with Gasteiger partial charge < -0.3 is 10.1 Å². The van der Waals surface area contributed by atoms with Crippen LogP contribution in [0.4, 0.5) is 14.5 Å². The van der Waals surface area contributed by atoms with Crippen molar-refractivity contribution >= 4 is 29.3 Å². The predicted octanol–water partition coefficient (Wildman–Crippen LogP) is 3.36. The highest BCUT2D eigenvalue weighted by Gasteiger charge is 2.31. The van der Waals surface area contributed by atoms with Gasteiger partial charge in [0.15, 0.2) is 0 Å². The number of benzene rings is 1. The SMILES string of the molecule is CCOC(=O)C1CCCCN1CC(=O)Nc1ccccc1SC(F)F. The van der Waals surface area contributed by atoms with E-state index in [9.17, 15) is 18.4 Å². The van der Waals surface area contributed by atoms with Gasteiger partial charge in [-0.2, -0.15) is 8.78 Å². The number of esters is 1. The Balaban J connectivity index is 2.00. The number of carbonyl (C=O) groups excluding carboxylic acids is 2. The van der Waals surface area contributed by atoms with Crippen molar-refractivity contribution in [1.29, 1.82) is 0 Å². The van der Waals surface area contributed by atoms with Gasteiger partial charge in [-0.15, -0.1) is 0 Å². The molecule has 0 spiro atoms. The number of nitrogens with zero attached hydrogens (tertiary/aromatic N) is 1. The van der Waals surface area contributed by atoms with E-state index in [1.165, 1.54) is 6.07 Å². The fourth-order valence-electron chi connectivity index (χ4n) is 2.83. The molecule has 1 aromatic rings. The first-order chi connectivity index (χ1) is 12.0. The maximum atomic E-state index is 12.6. The molecule has 1 aliphatic rings. The Labute approximate surface area is 150 Å². The second-order valence-corrected chi connectivity index (χ2v) is 6.69. The normalized spacial score (nSPS) is 18.2. The molecule has 1 aromatic carbocycles. The molecular weight excluding hydrogens is 350 g/mol. The molecule has 1 saturated heterocycles. The summed E-state index contributed by atoms with van der Waals surface area (Å²) in [6.07, 6.45) is 2.47. The molecule has 138 valence electrons. The largest absolute Gasteiger partial charge is 0.465 e. The summed E-state index contributed by atoms with van der Waals surface area (Å²) in [4.78, 5) is 26.5. The number of hydrogen-bond donors (Lipinski definition) is 1. The van der Waals surface area contributed by atoms with Crippen LogP contribution in [-0.2, 0) is 14.3 Å². The van der Waals surface area contributed by atoms with Crippen molar-refractivity contribution in [3.05, 3.63) is 24.3 Å². The first-order valence-electron chi connectivity index (χ1n) is 8.25. The molecular formula is C17H22F2N2O3S. The van der Waals surface area contributed by atoms with Crippen LogP contribution in [-0.4, -0.2) is 48.3 Å². The lowest BCUT2D eigenvalue weighted by atomic mass is 10.0. The molecule has 2 rings (SSSR count). The predicted molar refractivity (Wildman–Crippen MR) is 92.8 cm³/mol. The average Bonchev–Trinajstić information content (AvgIpc) is 2.57. The molecule has 1 N–H and O–H groups in total. The van der Waals surface area contributed by atoms with Crippen molar-refractivity contribution in [3.8, 4) is 0 Å². The number of carbonyl (C=O) groups is 2. The number of para-hydroxylation sites is 1. The zero-order valence-electron chi connectivity index (χ0n) is 14.0. The van der Waals surface area contributed by atoms with E-state index in [0.29, 0.717) is 41.9 Å². The summed E-state index contributed by atoms with van der Waals surface area (Å²) in [6.45, 7) is 2.70. The van der Waals surface area contributed by atoms with Crippen molar-refractivity contribution in [3.63, 3.8) is 0 Å². The molecule has 1 atom stereocenters. The van der Waals surface area contributed by atoms with Crippen LogP contribution in [0.3, 0.4) is 0 Å². The number of piperidine rings is 1. The number of likely N-dealkylation sites (tertiary alicyclic amines) is 1. The topological polar surface area (TPSA) is 58.6 Å². The van der Waals surface area contributed by atoms with E-state index < -0.39 is 11.8 Å². The summed E-state index contributed by atoms with van der Waals surface area (Å²) in [5.41, 5.74) is 0.350. The molecule has 0 radical (unpaired) electrons. The van der Waals surface area contributed by atoms with Crippen LogP contribution in [0, 0.1) is 0 Å². The molecule has 25 heavy (non-hydrogen) atoms. The third-order valence-corrected chi connectivity index (χ3v) is 4.68. The lowest BCUT2D eigenvalue weighted by Crippen LogP contribution is -2.48. The number of hydrogen-bond acceptors (Lipinski definition) is 5. The van der Waals surface area contributed by atoms with Gasteiger partial charge in [0.1, 0.15) is 6.04 Å². The number of anilines is 1. The molecule has 1 fully saturated rings. The van der Waals surface area contributed by atoms with Gasteiger partial charge in [0.2, 0.25) is 5.91 Å². The molecule has 0 aliphatic carbocycles. The Hall–Kier alpha value is -1.67. The fourth-order valence-corrected chi connectivity index (χ4v) is 3.42. The molecule has 1 unspecified atom stereocenters. The van der Waals surface area contributed by atoms with Crippen molar-refractivity contribution in [2.24, 2.45) is 0 Å². The van der Waals surface area contributed by atoms with Gasteiger partial charge in [-0.05, 0) is 38.4 Å². The number of nitrogens with one attached hydrogen (secondary N) is 1. The molecule has 1 heterocycles. The molecule has 0 saturated carbocycles. The van der Waals surface area contributed by atoms with E-state index in [-0.39, 0.29) is 18.4 Å². The summed E-state index contributed by atoms with van der Waals surface area (Å²) < 4.78 is 30.3. The fraction of sp³-hybridized carbons (Fsp3) is 0.529. The van der Waals surface area contributed by atoms with Gasteiger partial charge in [-0.3, -0.25) is 14.5 Å². The lowest BCUT2D eigenvalue weighted by molar-refractivity contribution is -0.151. The van der Waals surface area contributed by atoms with Crippen LogP contribution < -0.4 is 5.32 Å². The first-order valence-corrected chi connectivity index (χ1v) is 9.13. The second-order valence-electron chi connectivity index (χ2n) is 5.66. The molecule has 8 heteroatoms. The Kier molecular flexibility index (Phi) is 7.64. The number of rotatable bonds is 7. The second kappa shape index (κ2) is 9.72. The van der Waals surface area contributed by atoms with E-state index >= 15 is 0 Å². The smallest absolute Gasteiger partial charge is 0.323 e. The van der Waals surface area contributed by atoms with Crippen LogP contribution >= 0.6 is 11.8 Å². The molecule has 0 aromatic heterocycles. The first kappa shape index (κ1) is 19.7. The van der Waals surface area contributed by atoms with Gasteiger partial charge >= 0.3 is 5.97 Å². The van der Waals surface area contributed by atoms with Gasteiger partial charge in [-0.25, -0.2) is 0 Å². The maximum Gasteiger partial charge on any atom is 0.323 e. The molecule has 1 amide bonds. The maximum absolute atomic E-state index is 12.6. The van der Waals surface area contributed by atoms with Gasteiger partial charge in [0.05, 0.1) is 18.8 Å². The minimum atomic E-state index is -2.56. The highest BCUT2D eigenvalue weighted by Crippen LogP contribution is 2.31. The number of thioether (sulfide) groups is 1. The van der Waals surface area contributed by atoms with Crippen molar-refractivity contribution in [2.75, 3.05) is 25.0 Å². The van der Waals surface area contributed by atoms with Crippen LogP contribution in [0.25, 0.3) is 0 Å². The highest BCUT2D eigenvalue weighted by atomic mass is 32.2. The highest BCUT2D eigenvalue weighted by molar-refractivity contribution is 7.99. The quantitative estimate of drug-likeness (QED) is 0.588. The Morgan fingerprint density at radius 1 is 1.36 bits per heavy atom. The van der Waals surface area contributed by atoms with Gasteiger partial charge in [0.25, 0.3) is 5.76 Å². The van der Waals surface area contributed by atoms with Gasteiger partial charge in [0, 0.05) is 4.90 Å². The van der Waals surface area contributed by atoms with Crippen LogP contribution in [0.15, 0.2) is 29.2 Å². The van der Waals surface area contributed by atoms with E-state index in [1.807, 2.05) is 0 Å². The Morgan fingerprint density at radius 2 is 2.12 bits per heavy atom. The van der Waals surface area contributed by atoms with E-state index in [1.54, 1.807) is 30.0 Å². The minimum Gasteiger partial charge on any atom is -0.465 e. The zero-order chi connectivity index (χ0) is 18.2. The summed E-state index contributed by atoms with van der Waals surface area (Å²) >= 11 is 0.389. The Morgan fingerprint density at radius 3 is 2.84 bits per heavy atom. The summed E-state index contributed by atoms with van der Waals surface area (Å²) in [6, 6.07) is 6.01. The lowest BCUT2D eigenvalue weighted by Gasteiger charge is -2.33. The van der Waals surface area contributed by atoms with E-state index in [0.717, 1.165) is 12.8 Å². The summed E-state index contributed by atoms with van der Waals surface area (Å²) in [7, 11) is 0. The number of halogens is 2. The van der Waals surface area contributed by atoms with Crippen molar-refractivity contribution in [2.45, 2.75) is 42.9 Å². The third kappa shape index (κ3) is 5.97. The van der Waals surface area contributed by atoms with Crippen LogP contribution in [0.5, 0.6) is 0 Å². The van der Waals surface area contributed by atoms with E-state index in [2.05, 4.69) is 5.32 Å². The van der Waals surface area contributed by atoms with Gasteiger partial charge in [-0.1, -0.05) is 30.3 Å². The molecule has 0 bridgehead atoms. The number of alkyl halides is 2. The summed E-state index contributed by atoms with van der Waals surface area (Å²) in [5, 5.41) is 2.67. The molecule has 1 aliphatic heterocycles. The standard InChI is InChI=1S/C17H22F2N2O3S/c1-2-24-16(23)13-8-5-6-10-21(13)11-15(22)20-12-7-3-4-9-14(12)25-17(18)19/h3-4,7,9,13,17H,2,5-6,8,10-11H2,1H3,(H,20,22). The number of amides is 1. The molecule has 5 nitrogen and oxygen atoms in total. The monoisotopic (exact) mass is 372 g/mol. The van der Waals surface area contributed by atoms with E-state index in [4.69, 9.17) is 4.74 Å². The van der Waals surface area contributed by atoms with Crippen LogP contribution in [0.2, 0.25) is 0 Å². The average molecular weight is 372 g/mol. The van der Waals surface area contributed by atoms with Crippen molar-refractivity contribution in [1.82, 2.24) is 4.90 Å². The van der Waals surface area contributed by atoms with Crippen LogP contribution in [0.1, 0.15) is 26.2 Å². The minimum absolute atomic E-state index is 0.0250. The zero-order valence-corrected chi connectivity index (χ0v) is 14.9. The summed E-state index contributed by atoms with van der Waals surface area (Å²) in [5.74, 6) is -3.21.